The van der Waals surface area contributed by atoms with Gasteiger partial charge in [-0.05, 0) is 64.7 Å². The molecule has 2 aromatic heterocycles. The van der Waals surface area contributed by atoms with Crippen molar-refractivity contribution in [2.24, 2.45) is 0 Å². The number of nitrogens with zero attached hydrogens (tertiary/aromatic N) is 1. The Morgan fingerprint density at radius 2 is 1.20 bits per heavy atom. The number of hydrogen-bond acceptors (Lipinski definition) is 1. The average Bonchev–Trinajstić information content (AvgIpc) is 3.49. The SMILES string of the molecule is CC1(C)c2ccccc2-c2cc3sc4ccc(-n5c6ccccc6c6ccccc65)cc4c3cc21. The molecule has 5 aromatic carbocycles. The van der Waals surface area contributed by atoms with E-state index in [1.54, 1.807) is 0 Å². The van der Waals surface area contributed by atoms with E-state index in [2.05, 4.69) is 122 Å². The van der Waals surface area contributed by atoms with E-state index in [-0.39, 0.29) is 5.41 Å². The minimum absolute atomic E-state index is 0.0127. The topological polar surface area (TPSA) is 4.93 Å². The summed E-state index contributed by atoms with van der Waals surface area (Å²) < 4.78 is 5.13. The molecule has 8 rings (SSSR count). The molecule has 1 aliphatic carbocycles. The smallest absolute Gasteiger partial charge is 0.0541 e. The number of hydrogen-bond donors (Lipinski definition) is 0. The Labute approximate surface area is 207 Å². The Kier molecular flexibility index (Phi) is 3.67. The zero-order valence-electron chi connectivity index (χ0n) is 19.7. The average molecular weight is 466 g/mol. The van der Waals surface area contributed by atoms with Crippen molar-refractivity contribution in [2.75, 3.05) is 0 Å². The van der Waals surface area contributed by atoms with Crippen molar-refractivity contribution < 1.29 is 0 Å². The molecular weight excluding hydrogens is 442 g/mol. The summed E-state index contributed by atoms with van der Waals surface area (Å²) in [7, 11) is 0. The lowest BCUT2D eigenvalue weighted by atomic mass is 9.82. The first-order valence-electron chi connectivity index (χ1n) is 12.2. The largest absolute Gasteiger partial charge is 0.309 e. The summed E-state index contributed by atoms with van der Waals surface area (Å²) in [6.45, 7) is 4.73. The van der Waals surface area contributed by atoms with Gasteiger partial charge in [-0.1, -0.05) is 74.5 Å². The molecular formula is C33H23NS. The van der Waals surface area contributed by atoms with E-state index >= 15 is 0 Å². The fraction of sp³-hybridized carbons (Fsp3) is 0.0909. The van der Waals surface area contributed by atoms with Gasteiger partial charge in [0.05, 0.1) is 11.0 Å². The standard InChI is InChI=1S/C33H23NS/c1-33(2)27-12-6-3-9-21(27)24-19-32-26(18-28(24)33)25-17-20(15-16-31(25)35-32)34-29-13-7-4-10-22(29)23-11-5-8-14-30(23)34/h3-19H,1-2H3. The molecule has 2 heteroatoms. The highest BCUT2D eigenvalue weighted by Gasteiger charge is 2.35. The van der Waals surface area contributed by atoms with Crippen LogP contribution in [0.4, 0.5) is 0 Å². The maximum absolute atomic E-state index is 2.47. The molecule has 0 spiro atoms. The zero-order chi connectivity index (χ0) is 23.3. The summed E-state index contributed by atoms with van der Waals surface area (Å²) in [4.78, 5) is 0. The van der Waals surface area contributed by atoms with E-state index in [0.717, 1.165) is 0 Å². The Bertz CT molecular complexity index is 1930. The van der Waals surface area contributed by atoms with E-state index < -0.39 is 0 Å². The molecule has 0 N–H and O–H groups in total. The third-order valence-electron chi connectivity index (χ3n) is 8.00. The summed E-state index contributed by atoms with van der Waals surface area (Å²) in [6.07, 6.45) is 0. The molecule has 1 aliphatic rings. The first kappa shape index (κ1) is 19.4. The lowest BCUT2D eigenvalue weighted by Crippen LogP contribution is -2.14. The van der Waals surface area contributed by atoms with Crippen LogP contribution in [0, 0.1) is 0 Å². The van der Waals surface area contributed by atoms with Gasteiger partial charge in [-0.2, -0.15) is 0 Å². The van der Waals surface area contributed by atoms with Crippen LogP contribution in [0.15, 0.2) is 103 Å². The van der Waals surface area contributed by atoms with Gasteiger partial charge in [-0.3, -0.25) is 0 Å². The van der Waals surface area contributed by atoms with Gasteiger partial charge in [-0.15, -0.1) is 11.3 Å². The number of para-hydroxylation sites is 2. The number of thiophene rings is 1. The maximum Gasteiger partial charge on any atom is 0.0541 e. The molecule has 0 saturated heterocycles. The quantitative estimate of drug-likeness (QED) is 0.227. The van der Waals surface area contributed by atoms with E-state index in [1.165, 1.54) is 69.9 Å². The predicted octanol–water partition coefficient (Wildman–Crippen LogP) is 9.46. The van der Waals surface area contributed by atoms with Gasteiger partial charge in [0.15, 0.2) is 0 Å². The van der Waals surface area contributed by atoms with Crippen LogP contribution in [0.2, 0.25) is 0 Å². The highest BCUT2D eigenvalue weighted by molar-refractivity contribution is 7.25. The third-order valence-corrected chi connectivity index (χ3v) is 9.13. The van der Waals surface area contributed by atoms with E-state index in [0.29, 0.717) is 0 Å². The van der Waals surface area contributed by atoms with Gasteiger partial charge in [0.1, 0.15) is 0 Å². The fourth-order valence-electron chi connectivity index (χ4n) is 6.30. The molecule has 0 fully saturated rings. The summed E-state index contributed by atoms with van der Waals surface area (Å²) in [6, 6.07) is 38.3. The van der Waals surface area contributed by atoms with Crippen molar-refractivity contribution in [1.29, 1.82) is 0 Å². The first-order chi connectivity index (χ1) is 17.1. The Balaban J connectivity index is 1.42. The molecule has 0 bridgehead atoms. The molecule has 0 atom stereocenters. The van der Waals surface area contributed by atoms with Gasteiger partial charge in [-0.25, -0.2) is 0 Å². The van der Waals surface area contributed by atoms with Crippen molar-refractivity contribution in [3.05, 3.63) is 114 Å². The van der Waals surface area contributed by atoms with Crippen molar-refractivity contribution in [3.8, 4) is 16.8 Å². The molecule has 35 heavy (non-hydrogen) atoms. The molecule has 0 saturated carbocycles. The number of aromatic nitrogens is 1. The predicted molar refractivity (Wildman–Crippen MR) is 151 cm³/mol. The summed E-state index contributed by atoms with van der Waals surface area (Å²) in [5.41, 5.74) is 9.40. The van der Waals surface area contributed by atoms with Crippen molar-refractivity contribution >= 4 is 53.3 Å². The van der Waals surface area contributed by atoms with Crippen molar-refractivity contribution in [1.82, 2.24) is 4.57 Å². The Hall–Kier alpha value is -3.88. The third kappa shape index (κ3) is 2.47. The molecule has 7 aromatic rings. The van der Waals surface area contributed by atoms with Crippen molar-refractivity contribution in [2.45, 2.75) is 19.3 Å². The molecule has 0 aliphatic heterocycles. The summed E-state index contributed by atoms with van der Waals surface area (Å²) in [5, 5.41) is 5.32. The number of fused-ring (bicyclic) bond motifs is 9. The van der Waals surface area contributed by atoms with E-state index in [9.17, 15) is 0 Å². The minimum atomic E-state index is 0.0127. The molecule has 1 nitrogen and oxygen atoms in total. The molecule has 0 radical (unpaired) electrons. The fourth-order valence-corrected chi connectivity index (χ4v) is 7.41. The monoisotopic (exact) mass is 465 g/mol. The lowest BCUT2D eigenvalue weighted by molar-refractivity contribution is 0.661. The minimum Gasteiger partial charge on any atom is -0.309 e. The molecule has 0 amide bonds. The van der Waals surface area contributed by atoms with Gasteiger partial charge in [0.25, 0.3) is 0 Å². The maximum atomic E-state index is 2.47. The van der Waals surface area contributed by atoms with Gasteiger partial charge in [0.2, 0.25) is 0 Å². The van der Waals surface area contributed by atoms with Crippen LogP contribution >= 0.6 is 11.3 Å². The molecule has 166 valence electrons. The van der Waals surface area contributed by atoms with E-state index in [1.807, 2.05) is 11.3 Å². The van der Waals surface area contributed by atoms with Gasteiger partial charge >= 0.3 is 0 Å². The van der Waals surface area contributed by atoms with Crippen LogP contribution in [0.3, 0.4) is 0 Å². The zero-order valence-corrected chi connectivity index (χ0v) is 20.5. The van der Waals surface area contributed by atoms with Crippen LogP contribution in [0.25, 0.3) is 58.8 Å². The summed E-state index contributed by atoms with van der Waals surface area (Å²) in [5.74, 6) is 0. The second-order valence-corrected chi connectivity index (χ2v) is 11.3. The second-order valence-electron chi connectivity index (χ2n) is 10.2. The second kappa shape index (κ2) is 6.62. The highest BCUT2D eigenvalue weighted by atomic mass is 32.1. The summed E-state index contributed by atoms with van der Waals surface area (Å²) >= 11 is 1.91. The number of benzene rings is 5. The van der Waals surface area contributed by atoms with Crippen LogP contribution < -0.4 is 0 Å². The van der Waals surface area contributed by atoms with Gasteiger partial charge < -0.3 is 4.57 Å². The highest BCUT2D eigenvalue weighted by Crippen LogP contribution is 2.51. The van der Waals surface area contributed by atoms with Crippen LogP contribution in [-0.2, 0) is 5.41 Å². The number of rotatable bonds is 1. The van der Waals surface area contributed by atoms with Crippen molar-refractivity contribution in [3.63, 3.8) is 0 Å². The van der Waals surface area contributed by atoms with Crippen LogP contribution in [0.5, 0.6) is 0 Å². The lowest BCUT2D eigenvalue weighted by Gasteiger charge is -2.21. The molecule has 2 heterocycles. The van der Waals surface area contributed by atoms with Crippen LogP contribution in [-0.4, -0.2) is 4.57 Å². The Morgan fingerprint density at radius 3 is 1.97 bits per heavy atom. The van der Waals surface area contributed by atoms with Crippen LogP contribution in [0.1, 0.15) is 25.0 Å². The first-order valence-corrected chi connectivity index (χ1v) is 13.0. The normalized spacial score (nSPS) is 14.2. The molecule has 0 unspecified atom stereocenters. The van der Waals surface area contributed by atoms with E-state index in [4.69, 9.17) is 0 Å². The van der Waals surface area contributed by atoms with Gasteiger partial charge in [0, 0.05) is 42.0 Å². The Morgan fingerprint density at radius 1 is 0.543 bits per heavy atom.